The first-order chi connectivity index (χ1) is 7.06. The number of nitrogen functional groups attached to an aromatic ring is 1. The van der Waals surface area contributed by atoms with E-state index in [2.05, 4.69) is 9.72 Å². The summed E-state index contributed by atoms with van der Waals surface area (Å²) >= 11 is 0. The van der Waals surface area contributed by atoms with Crippen molar-refractivity contribution in [2.24, 2.45) is 0 Å². The number of hydrogen-bond acceptors (Lipinski definition) is 6. The Labute approximate surface area is 85.0 Å². The zero-order valence-corrected chi connectivity index (χ0v) is 7.97. The van der Waals surface area contributed by atoms with Gasteiger partial charge in [-0.2, -0.15) is 0 Å². The first kappa shape index (κ1) is 10.9. The molecule has 0 aliphatic carbocycles. The van der Waals surface area contributed by atoms with Crippen molar-refractivity contribution in [1.29, 1.82) is 0 Å². The minimum atomic E-state index is -0.779. The van der Waals surface area contributed by atoms with Gasteiger partial charge in [0.1, 0.15) is 17.6 Å². The van der Waals surface area contributed by atoms with E-state index in [0.29, 0.717) is 0 Å². The highest BCUT2D eigenvalue weighted by Crippen LogP contribution is 2.19. The first-order valence-corrected chi connectivity index (χ1v) is 4.13. The fourth-order valence-electron chi connectivity index (χ4n) is 0.982. The second-order valence-corrected chi connectivity index (χ2v) is 2.60. The number of anilines is 1. The Kier molecular flexibility index (Phi) is 3.17. The van der Waals surface area contributed by atoms with Gasteiger partial charge in [0, 0.05) is 6.07 Å². The summed E-state index contributed by atoms with van der Waals surface area (Å²) in [6, 6.07) is 1.12. The number of rotatable bonds is 3. The second kappa shape index (κ2) is 4.36. The zero-order valence-electron chi connectivity index (χ0n) is 7.97. The average Bonchev–Trinajstić information content (AvgIpc) is 2.17. The smallest absolute Gasteiger partial charge is 0.345 e. The summed E-state index contributed by atoms with van der Waals surface area (Å²) in [6.07, 6.45) is 0.932. The van der Waals surface area contributed by atoms with Crippen molar-refractivity contribution in [1.82, 2.24) is 4.98 Å². The summed E-state index contributed by atoms with van der Waals surface area (Å²) in [5.41, 5.74) is 4.72. The van der Waals surface area contributed by atoms with Crippen LogP contribution in [-0.4, -0.2) is 22.5 Å². The number of aromatic nitrogens is 1. The third-order valence-electron chi connectivity index (χ3n) is 1.60. The number of carbonyl (C=O) groups is 1. The Bertz CT molecular complexity index is 405. The SMILES string of the molecule is CCOC(=O)c1cc(N)ncc1[N+](=O)[O-]. The molecule has 0 saturated carbocycles. The highest BCUT2D eigenvalue weighted by Gasteiger charge is 2.21. The molecule has 7 heteroatoms. The Balaban J connectivity index is 3.18. The molecular weight excluding hydrogens is 202 g/mol. The van der Waals surface area contributed by atoms with Gasteiger partial charge in [0.25, 0.3) is 0 Å². The molecule has 2 N–H and O–H groups in total. The van der Waals surface area contributed by atoms with Crippen molar-refractivity contribution in [2.45, 2.75) is 6.92 Å². The second-order valence-electron chi connectivity index (χ2n) is 2.60. The largest absolute Gasteiger partial charge is 0.462 e. The molecule has 1 heterocycles. The van der Waals surface area contributed by atoms with E-state index >= 15 is 0 Å². The Morgan fingerprint density at radius 2 is 2.40 bits per heavy atom. The molecule has 0 aliphatic heterocycles. The van der Waals surface area contributed by atoms with Gasteiger partial charge in [-0.15, -0.1) is 0 Å². The summed E-state index contributed by atoms with van der Waals surface area (Å²) < 4.78 is 4.65. The maximum Gasteiger partial charge on any atom is 0.345 e. The lowest BCUT2D eigenvalue weighted by atomic mass is 10.2. The van der Waals surface area contributed by atoms with Crippen LogP contribution in [0.15, 0.2) is 12.3 Å². The molecule has 0 fully saturated rings. The molecule has 0 radical (unpaired) electrons. The molecule has 1 aromatic heterocycles. The predicted octanol–water partition coefficient (Wildman–Crippen LogP) is 0.749. The van der Waals surface area contributed by atoms with Crippen LogP contribution < -0.4 is 5.73 Å². The van der Waals surface area contributed by atoms with Crippen molar-refractivity contribution in [2.75, 3.05) is 12.3 Å². The lowest BCUT2D eigenvalue weighted by Gasteiger charge is -2.02. The molecule has 0 amide bonds. The summed E-state index contributed by atoms with van der Waals surface area (Å²) in [4.78, 5) is 24.7. The first-order valence-electron chi connectivity index (χ1n) is 4.13. The van der Waals surface area contributed by atoms with Gasteiger partial charge in [0.2, 0.25) is 0 Å². The quantitative estimate of drug-likeness (QED) is 0.449. The molecule has 0 atom stereocenters. The van der Waals surface area contributed by atoms with Gasteiger partial charge in [-0.1, -0.05) is 0 Å². The van der Waals surface area contributed by atoms with Crippen LogP contribution in [0, 0.1) is 10.1 Å². The lowest BCUT2D eigenvalue weighted by molar-refractivity contribution is -0.385. The Morgan fingerprint density at radius 3 is 2.93 bits per heavy atom. The van der Waals surface area contributed by atoms with E-state index in [-0.39, 0.29) is 18.0 Å². The number of nitro groups is 1. The maximum absolute atomic E-state index is 11.3. The molecule has 0 spiro atoms. The van der Waals surface area contributed by atoms with E-state index in [4.69, 9.17) is 5.73 Å². The molecule has 1 rings (SSSR count). The molecule has 0 aliphatic rings. The van der Waals surface area contributed by atoms with Gasteiger partial charge in [-0.3, -0.25) is 10.1 Å². The van der Waals surface area contributed by atoms with E-state index in [1.54, 1.807) is 6.92 Å². The zero-order chi connectivity index (χ0) is 11.4. The highest BCUT2D eigenvalue weighted by atomic mass is 16.6. The van der Waals surface area contributed by atoms with Gasteiger partial charge >= 0.3 is 11.7 Å². The minimum absolute atomic E-state index is 0.0312. The normalized spacial score (nSPS) is 9.67. The predicted molar refractivity (Wildman–Crippen MR) is 51.3 cm³/mol. The Morgan fingerprint density at radius 1 is 1.73 bits per heavy atom. The highest BCUT2D eigenvalue weighted by molar-refractivity contribution is 5.94. The van der Waals surface area contributed by atoms with Crippen LogP contribution in [-0.2, 0) is 4.74 Å². The van der Waals surface area contributed by atoms with Crippen LogP contribution in [0.1, 0.15) is 17.3 Å². The fraction of sp³-hybridized carbons (Fsp3) is 0.250. The van der Waals surface area contributed by atoms with E-state index in [9.17, 15) is 14.9 Å². The number of nitrogens with two attached hydrogens (primary N) is 1. The fourth-order valence-corrected chi connectivity index (χ4v) is 0.982. The van der Waals surface area contributed by atoms with Gasteiger partial charge in [0.15, 0.2) is 0 Å². The number of nitrogens with zero attached hydrogens (tertiary/aromatic N) is 2. The van der Waals surface area contributed by atoms with Crippen LogP contribution in [0.2, 0.25) is 0 Å². The maximum atomic E-state index is 11.3. The van der Waals surface area contributed by atoms with Crippen LogP contribution in [0.5, 0.6) is 0 Å². The lowest BCUT2D eigenvalue weighted by Crippen LogP contribution is -2.09. The van der Waals surface area contributed by atoms with Crippen LogP contribution in [0.25, 0.3) is 0 Å². The average molecular weight is 211 g/mol. The molecule has 15 heavy (non-hydrogen) atoms. The van der Waals surface area contributed by atoms with Gasteiger partial charge < -0.3 is 10.5 Å². The molecule has 0 bridgehead atoms. The summed E-state index contributed by atoms with van der Waals surface area (Å²) in [5.74, 6) is -0.748. The minimum Gasteiger partial charge on any atom is -0.462 e. The molecule has 0 unspecified atom stereocenters. The van der Waals surface area contributed by atoms with Gasteiger partial charge in [-0.05, 0) is 6.92 Å². The van der Waals surface area contributed by atoms with Gasteiger partial charge in [-0.25, -0.2) is 9.78 Å². The number of pyridine rings is 1. The van der Waals surface area contributed by atoms with Crippen LogP contribution >= 0.6 is 0 Å². The number of hydrogen-bond donors (Lipinski definition) is 1. The number of carbonyl (C=O) groups excluding carboxylic acids is 1. The summed E-state index contributed by atoms with van der Waals surface area (Å²) in [7, 11) is 0. The van der Waals surface area contributed by atoms with Crippen molar-refractivity contribution in [3.63, 3.8) is 0 Å². The summed E-state index contributed by atoms with van der Waals surface area (Å²) in [6.45, 7) is 1.74. The van der Waals surface area contributed by atoms with Crippen molar-refractivity contribution >= 4 is 17.5 Å². The van der Waals surface area contributed by atoms with Crippen molar-refractivity contribution in [3.05, 3.63) is 27.9 Å². The Hall–Kier alpha value is -2.18. The molecular formula is C8H9N3O4. The summed E-state index contributed by atoms with van der Waals surface area (Å²) in [5, 5.41) is 10.6. The van der Waals surface area contributed by atoms with E-state index < -0.39 is 16.6 Å². The number of esters is 1. The topological polar surface area (TPSA) is 108 Å². The van der Waals surface area contributed by atoms with E-state index in [0.717, 1.165) is 12.3 Å². The third kappa shape index (κ3) is 2.39. The molecule has 7 nitrogen and oxygen atoms in total. The molecule has 0 saturated heterocycles. The van der Waals surface area contributed by atoms with Gasteiger partial charge in [0.05, 0.1) is 11.5 Å². The molecule has 1 aromatic rings. The van der Waals surface area contributed by atoms with Crippen molar-refractivity contribution in [3.8, 4) is 0 Å². The molecule has 80 valence electrons. The number of ether oxygens (including phenoxy) is 1. The molecule has 0 aromatic carbocycles. The standard InChI is InChI=1S/C8H9N3O4/c1-2-15-8(12)5-3-7(9)10-4-6(5)11(13)14/h3-4H,2H2,1H3,(H2,9,10). The van der Waals surface area contributed by atoms with E-state index in [1.165, 1.54) is 0 Å². The van der Waals surface area contributed by atoms with Crippen LogP contribution in [0.3, 0.4) is 0 Å². The van der Waals surface area contributed by atoms with Crippen molar-refractivity contribution < 1.29 is 14.5 Å². The third-order valence-corrected chi connectivity index (χ3v) is 1.60. The van der Waals surface area contributed by atoms with Crippen LogP contribution in [0.4, 0.5) is 11.5 Å². The monoisotopic (exact) mass is 211 g/mol. The van der Waals surface area contributed by atoms with E-state index in [1.807, 2.05) is 0 Å².